The van der Waals surface area contributed by atoms with Crippen molar-refractivity contribution in [2.75, 3.05) is 5.43 Å². The summed E-state index contributed by atoms with van der Waals surface area (Å²) < 4.78 is 13.1. The van der Waals surface area contributed by atoms with Gasteiger partial charge in [0.05, 0.1) is 0 Å². The molecule has 0 aliphatic carbocycles. The summed E-state index contributed by atoms with van der Waals surface area (Å²) in [7, 11) is 0. The Morgan fingerprint density at radius 3 is 2.89 bits per heavy atom. The molecule has 2 aromatic rings. The van der Waals surface area contributed by atoms with Crippen LogP contribution in [-0.2, 0) is 6.42 Å². The molecule has 0 saturated carbocycles. The van der Waals surface area contributed by atoms with E-state index in [1.807, 2.05) is 13.0 Å². The predicted octanol–water partition coefficient (Wildman–Crippen LogP) is 2.61. The largest absolute Gasteiger partial charge is 0.308 e. The summed E-state index contributed by atoms with van der Waals surface area (Å²) >= 11 is 1.40. The van der Waals surface area contributed by atoms with E-state index in [-0.39, 0.29) is 5.82 Å². The molecule has 0 amide bonds. The third-order valence-electron chi connectivity index (χ3n) is 2.41. The molecule has 0 bridgehead atoms. The summed E-state index contributed by atoms with van der Waals surface area (Å²) in [6.07, 6.45) is 2.19. The number of benzene rings is 1. The molecule has 2 rings (SSSR count). The quantitative estimate of drug-likeness (QED) is 0.505. The Hall–Kier alpha value is -1.66. The highest BCUT2D eigenvalue weighted by atomic mass is 32.2. The van der Waals surface area contributed by atoms with Crippen LogP contribution in [0.4, 0.5) is 10.2 Å². The fourth-order valence-corrected chi connectivity index (χ4v) is 2.57. The standard InChI is InChI=1S/C12H13FN4S/c1-2-10-11(17-14)15-7-16-12(10)18-9-5-3-4-8(13)6-9/h3-7H,2,14H2,1H3,(H,15,16,17). The minimum absolute atomic E-state index is 0.260. The maximum atomic E-state index is 13.1. The van der Waals surface area contributed by atoms with Crippen LogP contribution < -0.4 is 11.3 Å². The van der Waals surface area contributed by atoms with Crippen molar-refractivity contribution in [2.45, 2.75) is 23.3 Å². The number of nitrogens with two attached hydrogens (primary N) is 1. The molecule has 18 heavy (non-hydrogen) atoms. The topological polar surface area (TPSA) is 63.8 Å². The third-order valence-corrected chi connectivity index (χ3v) is 3.44. The van der Waals surface area contributed by atoms with E-state index in [9.17, 15) is 4.39 Å². The van der Waals surface area contributed by atoms with Crippen molar-refractivity contribution in [1.29, 1.82) is 0 Å². The van der Waals surface area contributed by atoms with Gasteiger partial charge in [0.1, 0.15) is 23.0 Å². The first-order valence-corrected chi connectivity index (χ1v) is 6.30. The maximum absolute atomic E-state index is 13.1. The van der Waals surface area contributed by atoms with Crippen molar-refractivity contribution >= 4 is 17.6 Å². The molecule has 0 saturated heterocycles. The average Bonchev–Trinajstić information content (AvgIpc) is 2.38. The summed E-state index contributed by atoms with van der Waals surface area (Å²) in [5.74, 6) is 5.75. The molecule has 1 heterocycles. The number of hydrazine groups is 1. The molecule has 0 aliphatic rings. The smallest absolute Gasteiger partial charge is 0.147 e. The molecule has 1 aromatic carbocycles. The molecular weight excluding hydrogens is 251 g/mol. The fraction of sp³-hybridized carbons (Fsp3) is 0.167. The van der Waals surface area contributed by atoms with Crippen LogP contribution in [0, 0.1) is 5.82 Å². The Bertz CT molecular complexity index is 547. The number of rotatable bonds is 4. The number of hydrogen-bond donors (Lipinski definition) is 2. The molecule has 0 atom stereocenters. The minimum Gasteiger partial charge on any atom is -0.308 e. The highest BCUT2D eigenvalue weighted by molar-refractivity contribution is 7.99. The predicted molar refractivity (Wildman–Crippen MR) is 69.7 cm³/mol. The van der Waals surface area contributed by atoms with Crippen LogP contribution in [0.15, 0.2) is 40.5 Å². The van der Waals surface area contributed by atoms with Gasteiger partial charge in [-0.05, 0) is 24.6 Å². The second-order valence-corrected chi connectivity index (χ2v) is 4.63. The zero-order valence-electron chi connectivity index (χ0n) is 9.85. The van der Waals surface area contributed by atoms with Crippen molar-refractivity contribution in [3.8, 4) is 0 Å². The maximum Gasteiger partial charge on any atom is 0.147 e. The highest BCUT2D eigenvalue weighted by Gasteiger charge is 2.10. The van der Waals surface area contributed by atoms with Gasteiger partial charge in [0.15, 0.2) is 0 Å². The van der Waals surface area contributed by atoms with Crippen LogP contribution in [0.5, 0.6) is 0 Å². The number of nitrogen functional groups attached to an aromatic ring is 1. The first kappa shape index (κ1) is 12.8. The summed E-state index contributed by atoms with van der Waals surface area (Å²) in [4.78, 5) is 9.07. The van der Waals surface area contributed by atoms with E-state index >= 15 is 0 Å². The SMILES string of the molecule is CCc1c(NN)ncnc1Sc1cccc(F)c1. The molecule has 0 fully saturated rings. The zero-order valence-corrected chi connectivity index (χ0v) is 10.7. The van der Waals surface area contributed by atoms with Crippen molar-refractivity contribution < 1.29 is 4.39 Å². The van der Waals surface area contributed by atoms with E-state index in [1.165, 1.54) is 30.2 Å². The van der Waals surface area contributed by atoms with Crippen LogP contribution in [0.25, 0.3) is 0 Å². The molecule has 4 nitrogen and oxygen atoms in total. The summed E-state index contributed by atoms with van der Waals surface area (Å²) in [5.41, 5.74) is 3.47. The van der Waals surface area contributed by atoms with Gasteiger partial charge in [0.25, 0.3) is 0 Å². The summed E-state index contributed by atoms with van der Waals surface area (Å²) in [6, 6.07) is 6.40. The van der Waals surface area contributed by atoms with Gasteiger partial charge in [0, 0.05) is 10.5 Å². The molecule has 0 spiro atoms. The van der Waals surface area contributed by atoms with E-state index in [1.54, 1.807) is 6.07 Å². The van der Waals surface area contributed by atoms with Gasteiger partial charge in [-0.1, -0.05) is 24.8 Å². The Balaban J connectivity index is 2.34. The van der Waals surface area contributed by atoms with Crippen molar-refractivity contribution in [3.05, 3.63) is 42.0 Å². The molecule has 6 heteroatoms. The van der Waals surface area contributed by atoms with Gasteiger partial charge in [-0.15, -0.1) is 0 Å². The first-order valence-electron chi connectivity index (χ1n) is 5.48. The molecule has 94 valence electrons. The summed E-state index contributed by atoms with van der Waals surface area (Å²) in [6.45, 7) is 2.00. The van der Waals surface area contributed by atoms with Gasteiger partial charge in [0.2, 0.25) is 0 Å². The van der Waals surface area contributed by atoms with Crippen LogP contribution in [0.2, 0.25) is 0 Å². The highest BCUT2D eigenvalue weighted by Crippen LogP contribution is 2.31. The van der Waals surface area contributed by atoms with E-state index in [0.717, 1.165) is 21.9 Å². The van der Waals surface area contributed by atoms with E-state index in [2.05, 4.69) is 15.4 Å². The Kier molecular flexibility index (Phi) is 4.11. The van der Waals surface area contributed by atoms with E-state index in [4.69, 9.17) is 5.84 Å². The monoisotopic (exact) mass is 264 g/mol. The molecule has 3 N–H and O–H groups in total. The van der Waals surface area contributed by atoms with E-state index < -0.39 is 0 Å². The molecule has 0 aliphatic heterocycles. The number of hydrogen-bond acceptors (Lipinski definition) is 5. The second-order valence-electron chi connectivity index (χ2n) is 3.56. The van der Waals surface area contributed by atoms with Gasteiger partial charge in [-0.3, -0.25) is 0 Å². The summed E-state index contributed by atoms with van der Waals surface area (Å²) in [5, 5.41) is 0.783. The Morgan fingerprint density at radius 2 is 2.22 bits per heavy atom. The molecular formula is C12H13FN4S. The number of nitrogens with one attached hydrogen (secondary N) is 1. The van der Waals surface area contributed by atoms with Crippen LogP contribution in [0.1, 0.15) is 12.5 Å². The minimum atomic E-state index is -0.260. The van der Waals surface area contributed by atoms with Crippen LogP contribution in [-0.4, -0.2) is 9.97 Å². The fourth-order valence-electron chi connectivity index (χ4n) is 1.57. The second kappa shape index (κ2) is 5.79. The lowest BCUT2D eigenvalue weighted by Crippen LogP contribution is -2.12. The number of nitrogens with zero attached hydrogens (tertiary/aromatic N) is 2. The lowest BCUT2D eigenvalue weighted by Gasteiger charge is -2.10. The third kappa shape index (κ3) is 2.77. The number of halogens is 1. The number of aromatic nitrogens is 2. The number of anilines is 1. The lowest BCUT2D eigenvalue weighted by molar-refractivity contribution is 0.624. The van der Waals surface area contributed by atoms with Crippen LogP contribution >= 0.6 is 11.8 Å². The van der Waals surface area contributed by atoms with Crippen molar-refractivity contribution in [3.63, 3.8) is 0 Å². The normalized spacial score (nSPS) is 10.4. The van der Waals surface area contributed by atoms with Gasteiger partial charge < -0.3 is 5.43 Å². The van der Waals surface area contributed by atoms with Gasteiger partial charge in [-0.2, -0.15) is 0 Å². The van der Waals surface area contributed by atoms with Gasteiger partial charge in [-0.25, -0.2) is 20.2 Å². The molecule has 0 unspecified atom stereocenters. The lowest BCUT2D eigenvalue weighted by atomic mass is 10.2. The van der Waals surface area contributed by atoms with Crippen molar-refractivity contribution in [2.24, 2.45) is 5.84 Å². The van der Waals surface area contributed by atoms with Crippen LogP contribution in [0.3, 0.4) is 0 Å². The van der Waals surface area contributed by atoms with E-state index in [0.29, 0.717) is 5.82 Å². The molecule has 0 radical (unpaired) electrons. The first-order chi connectivity index (χ1) is 8.74. The Labute approximate surface area is 109 Å². The average molecular weight is 264 g/mol. The molecule has 1 aromatic heterocycles. The zero-order chi connectivity index (χ0) is 13.0. The Morgan fingerprint density at radius 1 is 1.39 bits per heavy atom. The van der Waals surface area contributed by atoms with Crippen molar-refractivity contribution in [1.82, 2.24) is 9.97 Å². The van der Waals surface area contributed by atoms with Gasteiger partial charge >= 0.3 is 0 Å².